The van der Waals surface area contributed by atoms with E-state index in [1.807, 2.05) is 0 Å². The van der Waals surface area contributed by atoms with E-state index in [1.165, 1.54) is 31.2 Å². The first-order valence-corrected chi connectivity index (χ1v) is 6.93. The van der Waals surface area contributed by atoms with Gasteiger partial charge >= 0.3 is 17.9 Å². The van der Waals surface area contributed by atoms with E-state index < -0.39 is 35.9 Å². The third-order valence-corrected chi connectivity index (χ3v) is 2.76. The summed E-state index contributed by atoms with van der Waals surface area (Å²) < 4.78 is 9.79. The average Bonchev–Trinajstić information content (AvgIpc) is 2.52. The van der Waals surface area contributed by atoms with Crippen molar-refractivity contribution in [3.8, 4) is 11.5 Å². The summed E-state index contributed by atoms with van der Waals surface area (Å²) in [6.45, 7) is 2.31. The van der Waals surface area contributed by atoms with Crippen molar-refractivity contribution < 1.29 is 44.0 Å². The maximum Gasteiger partial charge on any atom is 0.335 e. The molecule has 0 saturated carbocycles. The zero-order valence-electron chi connectivity index (χ0n) is 13.3. The first kappa shape index (κ1) is 20.0. The molecule has 1 rings (SSSR count). The number of carbonyl (C=O) groups is 4. The average molecular weight is 352 g/mol. The zero-order chi connectivity index (χ0) is 19.1. The van der Waals surface area contributed by atoms with Crippen molar-refractivity contribution in [1.82, 2.24) is 0 Å². The van der Waals surface area contributed by atoms with Crippen molar-refractivity contribution in [2.24, 2.45) is 0 Å². The lowest BCUT2D eigenvalue weighted by molar-refractivity contribution is -0.156. The summed E-state index contributed by atoms with van der Waals surface area (Å²) in [5.41, 5.74) is 0.331. The Bertz CT molecular complexity index is 720. The molecule has 2 atom stereocenters. The molecule has 0 spiro atoms. The lowest BCUT2D eigenvalue weighted by atomic mass is 10.1. The number of aliphatic carboxylic acids is 1. The van der Waals surface area contributed by atoms with E-state index in [0.717, 1.165) is 13.0 Å². The highest BCUT2D eigenvalue weighted by atomic mass is 16.6. The van der Waals surface area contributed by atoms with Crippen molar-refractivity contribution in [2.45, 2.75) is 26.1 Å². The lowest BCUT2D eigenvalue weighted by Gasteiger charge is -2.10. The molecule has 25 heavy (non-hydrogen) atoms. The number of carboxylic acids is 1. The second-order valence-electron chi connectivity index (χ2n) is 4.86. The van der Waals surface area contributed by atoms with Crippen LogP contribution in [0.1, 0.15) is 19.4 Å². The monoisotopic (exact) mass is 352 g/mol. The molecule has 0 heterocycles. The number of esters is 2. The topological polar surface area (TPSA) is 147 Å². The summed E-state index contributed by atoms with van der Waals surface area (Å²) in [6, 6.07) is 4.05. The maximum absolute atomic E-state index is 11.6. The van der Waals surface area contributed by atoms with Crippen LogP contribution in [0.25, 0.3) is 6.08 Å². The minimum Gasteiger partial charge on any atom is -0.479 e. The molecule has 0 aliphatic rings. The van der Waals surface area contributed by atoms with Crippen molar-refractivity contribution in [3.63, 3.8) is 0 Å². The molecule has 0 fully saturated rings. The Balaban J connectivity index is 3.01. The first-order valence-electron chi connectivity index (χ1n) is 6.93. The highest BCUT2D eigenvalue weighted by Crippen LogP contribution is 2.29. The van der Waals surface area contributed by atoms with Crippen LogP contribution >= 0.6 is 0 Å². The van der Waals surface area contributed by atoms with E-state index in [0.29, 0.717) is 5.56 Å². The molecule has 0 radical (unpaired) electrons. The predicted octanol–water partition coefficient (Wildman–Crippen LogP) is -0.0741. The van der Waals surface area contributed by atoms with Gasteiger partial charge in [0.15, 0.2) is 29.5 Å². The van der Waals surface area contributed by atoms with E-state index in [2.05, 4.69) is 0 Å². The van der Waals surface area contributed by atoms with E-state index in [4.69, 9.17) is 19.7 Å². The molecule has 0 bridgehead atoms. The Morgan fingerprint density at radius 2 is 1.52 bits per heavy atom. The van der Waals surface area contributed by atoms with Crippen LogP contribution in [0.5, 0.6) is 11.5 Å². The number of ketones is 1. The summed E-state index contributed by atoms with van der Waals surface area (Å²) in [5, 5.41) is 27.0. The zero-order valence-corrected chi connectivity index (χ0v) is 13.3. The van der Waals surface area contributed by atoms with Crippen LogP contribution in [-0.2, 0) is 19.2 Å². The van der Waals surface area contributed by atoms with Crippen molar-refractivity contribution in [3.05, 3.63) is 29.8 Å². The fourth-order valence-electron chi connectivity index (χ4n) is 1.67. The first-order chi connectivity index (χ1) is 11.6. The molecule has 9 heteroatoms. The van der Waals surface area contributed by atoms with Crippen molar-refractivity contribution in [1.29, 1.82) is 0 Å². The molecule has 0 aromatic heterocycles. The summed E-state index contributed by atoms with van der Waals surface area (Å²) in [5.74, 6) is -4.13. The summed E-state index contributed by atoms with van der Waals surface area (Å²) in [4.78, 5) is 44.3. The molecule has 9 nitrogen and oxygen atoms in total. The number of hydrogen-bond acceptors (Lipinski definition) is 8. The summed E-state index contributed by atoms with van der Waals surface area (Å²) in [7, 11) is 0. The molecular formula is C16H16O9. The molecule has 2 unspecified atom stereocenters. The van der Waals surface area contributed by atoms with E-state index >= 15 is 0 Å². The Morgan fingerprint density at radius 1 is 0.960 bits per heavy atom. The SMILES string of the molecule is CC(=O)Oc1ccc(/C=C/C(=O)C(O)C(O)C(=O)O)cc1OC(C)=O. The lowest BCUT2D eigenvalue weighted by Crippen LogP contribution is -2.38. The molecule has 0 aliphatic carbocycles. The van der Waals surface area contributed by atoms with E-state index in [1.54, 1.807) is 0 Å². The normalized spacial score (nSPS) is 13.1. The minimum absolute atomic E-state index is 0.00693. The van der Waals surface area contributed by atoms with E-state index in [9.17, 15) is 24.3 Å². The molecule has 134 valence electrons. The van der Waals surface area contributed by atoms with Crippen LogP contribution in [0.15, 0.2) is 24.3 Å². The van der Waals surface area contributed by atoms with Crippen molar-refractivity contribution >= 4 is 29.8 Å². The standard InChI is InChI=1S/C16H16O9/c1-8(17)24-12-6-4-10(7-13(12)25-9(2)18)3-5-11(19)14(20)15(21)16(22)23/h3-7,14-15,20-21H,1-2H3,(H,22,23)/b5-3+. The third-order valence-electron chi connectivity index (χ3n) is 2.76. The van der Waals surface area contributed by atoms with Crippen LogP contribution < -0.4 is 9.47 Å². The van der Waals surface area contributed by atoms with Crippen LogP contribution in [0.2, 0.25) is 0 Å². The quantitative estimate of drug-likeness (QED) is 0.348. The number of hydrogen-bond donors (Lipinski definition) is 3. The molecule has 1 aromatic rings. The smallest absolute Gasteiger partial charge is 0.335 e. The number of ether oxygens (including phenoxy) is 2. The van der Waals surface area contributed by atoms with Gasteiger partial charge in [0, 0.05) is 13.8 Å². The molecule has 0 amide bonds. The van der Waals surface area contributed by atoms with E-state index in [-0.39, 0.29) is 11.5 Å². The third kappa shape index (κ3) is 6.16. The van der Waals surface area contributed by atoms with Gasteiger partial charge < -0.3 is 24.8 Å². The van der Waals surface area contributed by atoms with Gasteiger partial charge in [-0.2, -0.15) is 0 Å². The summed E-state index contributed by atoms with van der Waals surface area (Å²) in [6.07, 6.45) is -2.32. The largest absolute Gasteiger partial charge is 0.479 e. The second-order valence-corrected chi connectivity index (χ2v) is 4.86. The Kier molecular flexibility index (Phi) is 6.97. The van der Waals surface area contributed by atoms with Gasteiger partial charge in [-0.1, -0.05) is 12.1 Å². The molecule has 3 N–H and O–H groups in total. The number of aliphatic hydroxyl groups excluding tert-OH is 2. The minimum atomic E-state index is -2.25. The highest BCUT2D eigenvalue weighted by molar-refractivity contribution is 5.99. The van der Waals surface area contributed by atoms with Gasteiger partial charge in [-0.05, 0) is 23.8 Å². The van der Waals surface area contributed by atoms with Gasteiger partial charge in [-0.25, -0.2) is 4.79 Å². The van der Waals surface area contributed by atoms with Gasteiger partial charge in [0.05, 0.1) is 0 Å². The van der Waals surface area contributed by atoms with Gasteiger partial charge in [0.2, 0.25) is 0 Å². The molecular weight excluding hydrogens is 336 g/mol. The Morgan fingerprint density at radius 3 is 2.04 bits per heavy atom. The van der Waals surface area contributed by atoms with Gasteiger partial charge in [0.25, 0.3) is 0 Å². The van der Waals surface area contributed by atoms with Crippen LogP contribution in [0.4, 0.5) is 0 Å². The highest BCUT2D eigenvalue weighted by Gasteiger charge is 2.28. The fraction of sp³-hybridized carbons (Fsp3) is 0.250. The summed E-state index contributed by atoms with van der Waals surface area (Å²) >= 11 is 0. The Labute approximate surface area is 142 Å². The van der Waals surface area contributed by atoms with Gasteiger partial charge in [-0.3, -0.25) is 14.4 Å². The molecule has 0 aliphatic heterocycles. The fourth-order valence-corrected chi connectivity index (χ4v) is 1.67. The van der Waals surface area contributed by atoms with Crippen LogP contribution in [-0.4, -0.2) is 51.2 Å². The number of carboxylic acid groups (broad SMARTS) is 1. The molecule has 0 saturated heterocycles. The van der Waals surface area contributed by atoms with Crippen LogP contribution in [0, 0.1) is 0 Å². The molecule has 1 aromatic carbocycles. The van der Waals surface area contributed by atoms with Crippen molar-refractivity contribution in [2.75, 3.05) is 0 Å². The second kappa shape index (κ2) is 8.71. The van der Waals surface area contributed by atoms with Crippen LogP contribution in [0.3, 0.4) is 0 Å². The Hall–Kier alpha value is -3.04. The van der Waals surface area contributed by atoms with Gasteiger partial charge in [0.1, 0.15) is 0 Å². The number of carbonyl (C=O) groups excluding carboxylic acids is 3. The number of benzene rings is 1. The number of rotatable bonds is 7. The van der Waals surface area contributed by atoms with Gasteiger partial charge in [-0.15, -0.1) is 0 Å². The maximum atomic E-state index is 11.6. The number of aliphatic hydroxyl groups is 2. The predicted molar refractivity (Wildman–Crippen MR) is 82.8 cm³/mol.